The van der Waals surface area contributed by atoms with Crippen LogP contribution in [0.15, 0.2) is 42.5 Å². The summed E-state index contributed by atoms with van der Waals surface area (Å²) in [6.45, 7) is 0. The van der Waals surface area contributed by atoms with Gasteiger partial charge in [-0.25, -0.2) is 4.79 Å². The van der Waals surface area contributed by atoms with Gasteiger partial charge in [0.05, 0.1) is 5.69 Å². The Morgan fingerprint density at radius 1 is 1.21 bits per heavy atom. The highest BCUT2D eigenvalue weighted by atomic mass is 16.6. The summed E-state index contributed by atoms with van der Waals surface area (Å²) in [5.41, 5.74) is 2.36. The van der Waals surface area contributed by atoms with Gasteiger partial charge in [0.15, 0.2) is 0 Å². The summed E-state index contributed by atoms with van der Waals surface area (Å²) in [7, 11) is 0. The molecular weight excluding hydrogens is 244 g/mol. The molecule has 1 aliphatic heterocycles. The molecule has 2 amide bonds. The molecule has 0 bridgehead atoms. The molecule has 1 fully saturated rings. The zero-order valence-electron chi connectivity index (χ0n) is 10.3. The van der Waals surface area contributed by atoms with Crippen LogP contribution in [0.1, 0.15) is 19.3 Å². The SMILES string of the molecule is O=C1OC2(C=CCCC2)C(=O)N1Nc1ccccc1. The Labute approximate surface area is 110 Å². The average molecular weight is 258 g/mol. The van der Waals surface area contributed by atoms with E-state index >= 15 is 0 Å². The number of rotatable bonds is 2. The number of para-hydroxylation sites is 1. The molecule has 1 heterocycles. The van der Waals surface area contributed by atoms with E-state index in [1.807, 2.05) is 24.3 Å². The second-order valence-corrected chi connectivity index (χ2v) is 4.67. The minimum Gasteiger partial charge on any atom is -0.427 e. The van der Waals surface area contributed by atoms with Gasteiger partial charge in [0.1, 0.15) is 0 Å². The summed E-state index contributed by atoms with van der Waals surface area (Å²) >= 11 is 0. The molecule has 1 unspecified atom stereocenters. The Hall–Kier alpha value is -2.30. The largest absolute Gasteiger partial charge is 0.437 e. The molecule has 1 saturated heterocycles. The van der Waals surface area contributed by atoms with E-state index < -0.39 is 11.7 Å². The van der Waals surface area contributed by atoms with E-state index in [1.165, 1.54) is 0 Å². The van der Waals surface area contributed by atoms with Crippen molar-refractivity contribution in [3.8, 4) is 0 Å². The first-order valence-electron chi connectivity index (χ1n) is 6.28. The summed E-state index contributed by atoms with van der Waals surface area (Å²) < 4.78 is 5.28. The van der Waals surface area contributed by atoms with Crippen molar-refractivity contribution in [1.29, 1.82) is 0 Å². The number of allylic oxidation sites excluding steroid dienone is 1. The van der Waals surface area contributed by atoms with Crippen LogP contribution >= 0.6 is 0 Å². The Balaban J connectivity index is 1.84. The van der Waals surface area contributed by atoms with Crippen LogP contribution < -0.4 is 5.43 Å². The molecule has 19 heavy (non-hydrogen) atoms. The van der Waals surface area contributed by atoms with Crippen molar-refractivity contribution >= 4 is 17.7 Å². The van der Waals surface area contributed by atoms with Crippen LogP contribution in [0.2, 0.25) is 0 Å². The molecule has 5 heteroatoms. The minimum absolute atomic E-state index is 0.350. The molecule has 0 aromatic heterocycles. The van der Waals surface area contributed by atoms with Crippen LogP contribution in [0.4, 0.5) is 10.5 Å². The van der Waals surface area contributed by atoms with E-state index in [4.69, 9.17) is 4.74 Å². The number of nitrogens with zero attached hydrogens (tertiary/aromatic N) is 1. The van der Waals surface area contributed by atoms with Gasteiger partial charge in [-0.1, -0.05) is 24.3 Å². The Bertz CT molecular complexity index is 541. The van der Waals surface area contributed by atoms with Gasteiger partial charge >= 0.3 is 6.09 Å². The summed E-state index contributed by atoms with van der Waals surface area (Å²) in [5, 5.41) is 0.949. The fraction of sp³-hybridized carbons (Fsp3) is 0.286. The molecule has 0 saturated carbocycles. The van der Waals surface area contributed by atoms with Gasteiger partial charge in [0.2, 0.25) is 5.60 Å². The molecule has 0 radical (unpaired) electrons. The normalized spacial score (nSPS) is 25.8. The first-order chi connectivity index (χ1) is 9.21. The maximum Gasteiger partial charge on any atom is 0.437 e. The summed E-state index contributed by atoms with van der Waals surface area (Å²) in [6.07, 6.45) is 5.24. The topological polar surface area (TPSA) is 58.6 Å². The highest BCUT2D eigenvalue weighted by molar-refractivity contribution is 6.05. The van der Waals surface area contributed by atoms with Crippen molar-refractivity contribution in [2.75, 3.05) is 5.43 Å². The number of imide groups is 1. The molecule has 1 atom stereocenters. The fourth-order valence-electron chi connectivity index (χ4n) is 2.36. The molecule has 5 nitrogen and oxygen atoms in total. The molecule has 1 aromatic rings. The van der Waals surface area contributed by atoms with Gasteiger partial charge in [-0.2, -0.15) is 0 Å². The number of carbonyl (C=O) groups is 2. The molecule has 1 N–H and O–H groups in total. The van der Waals surface area contributed by atoms with Crippen molar-refractivity contribution in [1.82, 2.24) is 5.01 Å². The lowest BCUT2D eigenvalue weighted by molar-refractivity contribution is -0.133. The molecule has 1 aliphatic carbocycles. The van der Waals surface area contributed by atoms with Crippen molar-refractivity contribution in [3.63, 3.8) is 0 Å². The van der Waals surface area contributed by atoms with E-state index in [1.54, 1.807) is 18.2 Å². The van der Waals surface area contributed by atoms with E-state index in [0.717, 1.165) is 17.9 Å². The number of hydrogen-bond donors (Lipinski definition) is 1. The van der Waals surface area contributed by atoms with E-state index in [0.29, 0.717) is 12.1 Å². The van der Waals surface area contributed by atoms with Crippen LogP contribution in [0.25, 0.3) is 0 Å². The summed E-state index contributed by atoms with van der Waals surface area (Å²) in [6, 6.07) is 9.07. The van der Waals surface area contributed by atoms with Crippen LogP contribution in [0, 0.1) is 0 Å². The fourth-order valence-corrected chi connectivity index (χ4v) is 2.36. The number of anilines is 1. The zero-order valence-corrected chi connectivity index (χ0v) is 10.3. The van der Waals surface area contributed by atoms with E-state index in [-0.39, 0.29) is 5.91 Å². The Morgan fingerprint density at radius 3 is 2.68 bits per heavy atom. The lowest BCUT2D eigenvalue weighted by atomic mass is 9.90. The lowest BCUT2D eigenvalue weighted by Crippen LogP contribution is -2.42. The maximum atomic E-state index is 12.4. The first kappa shape index (κ1) is 11.8. The van der Waals surface area contributed by atoms with Crippen molar-refractivity contribution in [2.24, 2.45) is 0 Å². The molecule has 1 spiro atoms. The third-order valence-electron chi connectivity index (χ3n) is 3.34. The molecule has 98 valence electrons. The van der Waals surface area contributed by atoms with Crippen molar-refractivity contribution in [2.45, 2.75) is 24.9 Å². The monoisotopic (exact) mass is 258 g/mol. The average Bonchev–Trinajstić information content (AvgIpc) is 2.66. The predicted molar refractivity (Wildman–Crippen MR) is 69.1 cm³/mol. The van der Waals surface area contributed by atoms with Gasteiger partial charge in [-0.05, 0) is 31.1 Å². The summed E-state index contributed by atoms with van der Waals surface area (Å²) in [4.78, 5) is 24.2. The Morgan fingerprint density at radius 2 is 2.00 bits per heavy atom. The molecule has 3 rings (SSSR count). The number of hydrazine groups is 1. The lowest BCUT2D eigenvalue weighted by Gasteiger charge is -2.23. The second kappa shape index (κ2) is 4.42. The van der Waals surface area contributed by atoms with Gasteiger partial charge in [-0.15, -0.1) is 5.01 Å². The third-order valence-corrected chi connectivity index (χ3v) is 3.34. The number of hydrogen-bond acceptors (Lipinski definition) is 4. The van der Waals surface area contributed by atoms with Crippen LogP contribution in [0.3, 0.4) is 0 Å². The van der Waals surface area contributed by atoms with E-state index in [9.17, 15) is 9.59 Å². The van der Waals surface area contributed by atoms with Crippen LogP contribution in [0.5, 0.6) is 0 Å². The van der Waals surface area contributed by atoms with E-state index in [2.05, 4.69) is 5.43 Å². The maximum absolute atomic E-state index is 12.4. The second-order valence-electron chi connectivity index (χ2n) is 4.67. The number of benzene rings is 1. The van der Waals surface area contributed by atoms with Crippen LogP contribution in [-0.2, 0) is 9.53 Å². The molecule has 1 aromatic carbocycles. The van der Waals surface area contributed by atoms with Gasteiger partial charge < -0.3 is 4.74 Å². The molecular formula is C14H14N2O3. The van der Waals surface area contributed by atoms with Crippen molar-refractivity contribution in [3.05, 3.63) is 42.5 Å². The number of carbonyl (C=O) groups excluding carboxylic acids is 2. The highest BCUT2D eigenvalue weighted by Crippen LogP contribution is 2.34. The number of nitrogens with one attached hydrogen (secondary N) is 1. The number of amides is 2. The smallest absolute Gasteiger partial charge is 0.427 e. The minimum atomic E-state index is -1.10. The zero-order chi connectivity index (χ0) is 13.3. The quantitative estimate of drug-likeness (QED) is 0.828. The van der Waals surface area contributed by atoms with Gasteiger partial charge in [-0.3, -0.25) is 10.2 Å². The van der Waals surface area contributed by atoms with Gasteiger partial charge in [0.25, 0.3) is 5.91 Å². The highest BCUT2D eigenvalue weighted by Gasteiger charge is 2.53. The Kier molecular flexibility index (Phi) is 2.74. The molecule has 2 aliphatic rings. The van der Waals surface area contributed by atoms with Gasteiger partial charge in [0, 0.05) is 6.42 Å². The van der Waals surface area contributed by atoms with Crippen LogP contribution in [-0.4, -0.2) is 22.6 Å². The summed E-state index contributed by atoms with van der Waals surface area (Å²) in [5.74, 6) is -0.350. The van der Waals surface area contributed by atoms with Crippen molar-refractivity contribution < 1.29 is 14.3 Å². The first-order valence-corrected chi connectivity index (χ1v) is 6.28. The standard InChI is InChI=1S/C14H14N2O3/c17-12-14(9-5-2-6-10-14)19-13(18)16(12)15-11-7-3-1-4-8-11/h1,3-5,7-9,15H,2,6,10H2. The predicted octanol–water partition coefficient (Wildman–Crippen LogP) is 2.47. The number of ether oxygens (including phenoxy) is 1. The third kappa shape index (κ3) is 1.97.